The molecule has 1 atom stereocenters. The fourth-order valence-electron chi connectivity index (χ4n) is 2.42. The normalized spacial score (nSPS) is 18.4. The summed E-state index contributed by atoms with van der Waals surface area (Å²) >= 11 is 3.17. The van der Waals surface area contributed by atoms with Crippen LogP contribution in [0.5, 0.6) is 0 Å². The average molecular weight is 359 g/mol. The first-order chi connectivity index (χ1) is 9.93. The van der Waals surface area contributed by atoms with Crippen molar-refractivity contribution in [1.82, 2.24) is 4.90 Å². The Labute approximate surface area is 130 Å². The Balaban J connectivity index is 2.20. The Morgan fingerprint density at radius 3 is 2.86 bits per heavy atom. The van der Waals surface area contributed by atoms with E-state index in [4.69, 9.17) is 10.5 Å². The Hall–Kier alpha value is -1.63. The van der Waals surface area contributed by atoms with E-state index in [-0.39, 0.29) is 23.5 Å². The number of esters is 1. The van der Waals surface area contributed by atoms with Crippen molar-refractivity contribution in [3.8, 4) is 0 Å². The van der Waals surface area contributed by atoms with Gasteiger partial charge in [0, 0.05) is 17.6 Å². The molecule has 1 aliphatic heterocycles. The van der Waals surface area contributed by atoms with Crippen molar-refractivity contribution >= 4 is 33.5 Å². The standard InChI is InChI=1S/C14H16BrFN2O3/c1-21-14(20)8-3-2-4-18(7-8)13(19)9-5-12(17)11(16)6-10(9)15/h5-6,8H,2-4,7,17H2,1H3. The van der Waals surface area contributed by atoms with Gasteiger partial charge in [-0.05, 0) is 40.9 Å². The molecule has 1 amide bonds. The average Bonchev–Trinajstić information content (AvgIpc) is 2.49. The molecule has 7 heteroatoms. The van der Waals surface area contributed by atoms with E-state index in [1.54, 1.807) is 4.90 Å². The monoisotopic (exact) mass is 358 g/mol. The number of hydrogen-bond acceptors (Lipinski definition) is 4. The van der Waals surface area contributed by atoms with E-state index < -0.39 is 5.82 Å². The van der Waals surface area contributed by atoms with Gasteiger partial charge >= 0.3 is 5.97 Å². The summed E-state index contributed by atoms with van der Waals surface area (Å²) in [7, 11) is 1.33. The Kier molecular flexibility index (Phi) is 4.82. The van der Waals surface area contributed by atoms with Crippen LogP contribution in [0.25, 0.3) is 0 Å². The third-order valence-electron chi connectivity index (χ3n) is 3.56. The SMILES string of the molecule is COC(=O)C1CCCN(C(=O)c2cc(N)c(F)cc2Br)C1. The lowest BCUT2D eigenvalue weighted by molar-refractivity contribution is -0.146. The van der Waals surface area contributed by atoms with E-state index in [9.17, 15) is 14.0 Å². The zero-order chi connectivity index (χ0) is 15.6. The Morgan fingerprint density at radius 2 is 2.19 bits per heavy atom. The van der Waals surface area contributed by atoms with Crippen LogP contribution >= 0.6 is 15.9 Å². The largest absolute Gasteiger partial charge is 0.469 e. The second-order valence-electron chi connectivity index (χ2n) is 4.97. The minimum Gasteiger partial charge on any atom is -0.469 e. The molecule has 21 heavy (non-hydrogen) atoms. The van der Waals surface area contributed by atoms with Crippen molar-refractivity contribution < 1.29 is 18.7 Å². The number of carbonyl (C=O) groups is 2. The summed E-state index contributed by atoms with van der Waals surface area (Å²) in [5.41, 5.74) is 5.72. The van der Waals surface area contributed by atoms with Crippen molar-refractivity contribution in [1.29, 1.82) is 0 Å². The molecule has 5 nitrogen and oxygen atoms in total. The number of carbonyl (C=O) groups excluding carboxylic acids is 2. The molecular weight excluding hydrogens is 343 g/mol. The number of likely N-dealkylation sites (tertiary alicyclic amines) is 1. The summed E-state index contributed by atoms with van der Waals surface area (Å²) in [5.74, 6) is -1.49. The molecule has 2 N–H and O–H groups in total. The van der Waals surface area contributed by atoms with Crippen LogP contribution in [-0.2, 0) is 9.53 Å². The first-order valence-electron chi connectivity index (χ1n) is 6.55. The molecule has 0 aliphatic carbocycles. The summed E-state index contributed by atoms with van der Waals surface area (Å²) in [6.07, 6.45) is 1.42. The van der Waals surface area contributed by atoms with Crippen LogP contribution in [0.2, 0.25) is 0 Å². The van der Waals surface area contributed by atoms with E-state index in [1.807, 2.05) is 0 Å². The molecule has 114 valence electrons. The molecule has 1 unspecified atom stereocenters. The summed E-state index contributed by atoms with van der Waals surface area (Å²) in [4.78, 5) is 25.7. The Morgan fingerprint density at radius 1 is 1.48 bits per heavy atom. The lowest BCUT2D eigenvalue weighted by Crippen LogP contribution is -2.42. The summed E-state index contributed by atoms with van der Waals surface area (Å²) in [6, 6.07) is 2.48. The van der Waals surface area contributed by atoms with E-state index >= 15 is 0 Å². The van der Waals surface area contributed by atoms with E-state index in [1.165, 1.54) is 19.2 Å². The maximum Gasteiger partial charge on any atom is 0.310 e. The van der Waals surface area contributed by atoms with Crippen molar-refractivity contribution in [3.63, 3.8) is 0 Å². The highest BCUT2D eigenvalue weighted by Gasteiger charge is 2.30. The zero-order valence-electron chi connectivity index (χ0n) is 11.6. The lowest BCUT2D eigenvalue weighted by atomic mass is 9.97. The number of benzene rings is 1. The second kappa shape index (κ2) is 6.43. The van der Waals surface area contributed by atoms with Crippen LogP contribution in [-0.4, -0.2) is 37.0 Å². The van der Waals surface area contributed by atoms with Gasteiger partial charge in [0.1, 0.15) is 5.82 Å². The van der Waals surface area contributed by atoms with Gasteiger partial charge in [-0.1, -0.05) is 0 Å². The number of halogens is 2. The van der Waals surface area contributed by atoms with E-state index in [0.717, 1.165) is 6.42 Å². The van der Waals surface area contributed by atoms with Crippen molar-refractivity contribution in [2.24, 2.45) is 5.92 Å². The molecule has 1 saturated heterocycles. The molecular formula is C14H16BrFN2O3. The lowest BCUT2D eigenvalue weighted by Gasteiger charge is -2.31. The topological polar surface area (TPSA) is 72.6 Å². The summed E-state index contributed by atoms with van der Waals surface area (Å²) in [6.45, 7) is 0.852. The highest BCUT2D eigenvalue weighted by Crippen LogP contribution is 2.26. The van der Waals surface area contributed by atoms with Gasteiger partial charge in [0.05, 0.1) is 24.3 Å². The maximum absolute atomic E-state index is 13.3. The molecule has 2 rings (SSSR count). The number of nitrogen functional groups attached to an aromatic ring is 1. The third-order valence-corrected chi connectivity index (χ3v) is 4.22. The fourth-order valence-corrected chi connectivity index (χ4v) is 2.91. The highest BCUT2D eigenvalue weighted by molar-refractivity contribution is 9.10. The highest BCUT2D eigenvalue weighted by atomic mass is 79.9. The van der Waals surface area contributed by atoms with Gasteiger partial charge in [-0.2, -0.15) is 0 Å². The van der Waals surface area contributed by atoms with Gasteiger partial charge in [-0.3, -0.25) is 9.59 Å². The molecule has 0 radical (unpaired) electrons. The molecule has 1 fully saturated rings. The van der Waals surface area contributed by atoms with Crippen molar-refractivity contribution in [2.75, 3.05) is 25.9 Å². The molecule has 0 spiro atoms. The van der Waals surface area contributed by atoms with Crippen LogP contribution in [0.15, 0.2) is 16.6 Å². The van der Waals surface area contributed by atoms with Gasteiger partial charge < -0.3 is 15.4 Å². The molecule has 0 aromatic heterocycles. The number of piperidine rings is 1. The number of ether oxygens (including phenoxy) is 1. The molecule has 1 aromatic carbocycles. The zero-order valence-corrected chi connectivity index (χ0v) is 13.2. The maximum atomic E-state index is 13.3. The van der Waals surface area contributed by atoms with Crippen molar-refractivity contribution in [3.05, 3.63) is 28.0 Å². The van der Waals surface area contributed by atoms with Gasteiger partial charge in [0.2, 0.25) is 0 Å². The molecule has 1 aromatic rings. The van der Waals surface area contributed by atoms with Gasteiger partial charge in [-0.15, -0.1) is 0 Å². The van der Waals surface area contributed by atoms with E-state index in [0.29, 0.717) is 29.5 Å². The number of methoxy groups -OCH3 is 1. The molecule has 1 aliphatic rings. The first-order valence-corrected chi connectivity index (χ1v) is 7.35. The fraction of sp³-hybridized carbons (Fsp3) is 0.429. The van der Waals surface area contributed by atoms with Crippen LogP contribution in [0.3, 0.4) is 0 Å². The van der Waals surface area contributed by atoms with Crippen LogP contribution < -0.4 is 5.73 Å². The first kappa shape index (κ1) is 15.8. The predicted molar refractivity (Wildman–Crippen MR) is 79.2 cm³/mol. The number of amides is 1. The smallest absolute Gasteiger partial charge is 0.310 e. The van der Waals surface area contributed by atoms with Gasteiger partial charge in [-0.25, -0.2) is 4.39 Å². The molecule has 1 heterocycles. The minimum atomic E-state index is -0.579. The minimum absolute atomic E-state index is 0.0805. The summed E-state index contributed by atoms with van der Waals surface area (Å²) < 4.78 is 18.4. The number of rotatable bonds is 2. The molecule has 0 bridgehead atoms. The number of nitrogens with two attached hydrogens (primary N) is 1. The van der Waals surface area contributed by atoms with Crippen molar-refractivity contribution in [2.45, 2.75) is 12.8 Å². The number of nitrogens with zero attached hydrogens (tertiary/aromatic N) is 1. The quantitative estimate of drug-likeness (QED) is 0.649. The van der Waals surface area contributed by atoms with Gasteiger partial charge in [0.25, 0.3) is 5.91 Å². The number of anilines is 1. The second-order valence-corrected chi connectivity index (χ2v) is 5.82. The van der Waals surface area contributed by atoms with Crippen LogP contribution in [0, 0.1) is 11.7 Å². The number of hydrogen-bond donors (Lipinski definition) is 1. The van der Waals surface area contributed by atoms with Gasteiger partial charge in [0.15, 0.2) is 0 Å². The summed E-state index contributed by atoms with van der Waals surface area (Å²) in [5, 5.41) is 0. The van der Waals surface area contributed by atoms with Crippen LogP contribution in [0.1, 0.15) is 23.2 Å². The van der Waals surface area contributed by atoms with E-state index in [2.05, 4.69) is 15.9 Å². The molecule has 0 saturated carbocycles. The van der Waals surface area contributed by atoms with Crippen LogP contribution in [0.4, 0.5) is 10.1 Å². The third kappa shape index (κ3) is 3.34. The Bertz CT molecular complexity index is 580. The predicted octanol–water partition coefficient (Wildman–Crippen LogP) is 2.20.